The van der Waals surface area contributed by atoms with Gasteiger partial charge in [0.05, 0.1) is 25.9 Å². The van der Waals surface area contributed by atoms with Crippen LogP contribution >= 0.6 is 0 Å². The molecular formula is C27H40O3Si. The standard InChI is InChI=1S/C27H40O3Si/c1-22(18-23(2)21-31(4,5)6)19-27-12-9-11-26(30-27)10-7-8-17-29-20-24-13-15-25(28-3)16-14-24/h9,11,13-16,22,26-27H,2,10,12,17-21H2,1,3-6H3/t22-,26+,27-/m0/s1. The first kappa shape index (κ1) is 25.5. The van der Waals surface area contributed by atoms with E-state index in [9.17, 15) is 0 Å². The molecule has 1 aliphatic rings. The lowest BCUT2D eigenvalue weighted by Crippen LogP contribution is -2.26. The number of rotatable bonds is 11. The Morgan fingerprint density at radius 1 is 1.23 bits per heavy atom. The van der Waals surface area contributed by atoms with Crippen molar-refractivity contribution in [3.05, 3.63) is 54.1 Å². The summed E-state index contributed by atoms with van der Waals surface area (Å²) < 4.78 is 17.1. The van der Waals surface area contributed by atoms with Crippen LogP contribution in [0.5, 0.6) is 5.75 Å². The highest BCUT2D eigenvalue weighted by molar-refractivity contribution is 6.76. The van der Waals surface area contributed by atoms with Crippen LogP contribution < -0.4 is 4.74 Å². The van der Waals surface area contributed by atoms with Gasteiger partial charge in [0.15, 0.2) is 0 Å². The molecule has 1 heterocycles. The summed E-state index contributed by atoms with van der Waals surface area (Å²) in [6.07, 6.45) is 8.70. The van der Waals surface area contributed by atoms with Crippen molar-refractivity contribution in [3.63, 3.8) is 0 Å². The summed E-state index contributed by atoms with van der Waals surface area (Å²) in [5.74, 6) is 7.79. The third-order valence-corrected chi connectivity index (χ3v) is 6.79. The van der Waals surface area contributed by atoms with Crippen molar-refractivity contribution < 1.29 is 14.2 Å². The van der Waals surface area contributed by atoms with Crippen molar-refractivity contribution in [1.82, 2.24) is 0 Å². The highest BCUT2D eigenvalue weighted by atomic mass is 28.3. The SMILES string of the molecule is C=C(C[C@H](C)C[C@@H]1CC=C[C@@H](CC#CCOCc2ccc(OC)cc2)O1)C[Si](C)(C)C. The number of ether oxygens (including phenoxy) is 3. The number of hydrogen-bond donors (Lipinski definition) is 0. The molecule has 1 aliphatic heterocycles. The lowest BCUT2D eigenvalue weighted by molar-refractivity contribution is -0.00328. The summed E-state index contributed by atoms with van der Waals surface area (Å²) in [6, 6.07) is 9.12. The van der Waals surface area contributed by atoms with Gasteiger partial charge in [-0.15, -0.1) is 6.58 Å². The first-order valence-electron chi connectivity index (χ1n) is 11.4. The molecule has 0 saturated heterocycles. The van der Waals surface area contributed by atoms with Crippen LogP contribution in [-0.4, -0.2) is 34.0 Å². The molecular weight excluding hydrogens is 400 g/mol. The minimum Gasteiger partial charge on any atom is -0.497 e. The molecule has 0 N–H and O–H groups in total. The zero-order valence-electron chi connectivity index (χ0n) is 20.1. The molecule has 0 fully saturated rings. The summed E-state index contributed by atoms with van der Waals surface area (Å²) in [7, 11) is 0.597. The molecule has 1 aromatic rings. The molecule has 0 spiro atoms. The average Bonchev–Trinajstić information content (AvgIpc) is 2.69. The fourth-order valence-corrected chi connectivity index (χ4v) is 5.66. The topological polar surface area (TPSA) is 27.7 Å². The zero-order valence-corrected chi connectivity index (χ0v) is 21.1. The third-order valence-electron chi connectivity index (χ3n) is 5.23. The molecule has 0 aliphatic carbocycles. The van der Waals surface area contributed by atoms with Gasteiger partial charge in [0.2, 0.25) is 0 Å². The van der Waals surface area contributed by atoms with Gasteiger partial charge in [-0.3, -0.25) is 0 Å². The largest absolute Gasteiger partial charge is 0.497 e. The summed E-state index contributed by atoms with van der Waals surface area (Å²) in [5, 5.41) is 0. The van der Waals surface area contributed by atoms with Crippen LogP contribution in [0, 0.1) is 17.8 Å². The average molecular weight is 441 g/mol. The summed E-state index contributed by atoms with van der Waals surface area (Å²) in [6.45, 7) is 14.9. The van der Waals surface area contributed by atoms with Crippen molar-refractivity contribution in [1.29, 1.82) is 0 Å². The fourth-order valence-electron chi connectivity index (χ4n) is 4.01. The van der Waals surface area contributed by atoms with E-state index in [1.165, 1.54) is 11.6 Å². The molecule has 0 saturated carbocycles. The molecule has 0 aromatic heterocycles. The van der Waals surface area contributed by atoms with Gasteiger partial charge in [-0.05, 0) is 48.9 Å². The van der Waals surface area contributed by atoms with E-state index in [0.29, 0.717) is 19.1 Å². The third kappa shape index (κ3) is 10.9. The Balaban J connectivity index is 1.65. The number of benzene rings is 1. The van der Waals surface area contributed by atoms with Gasteiger partial charge in [0, 0.05) is 14.5 Å². The van der Waals surface area contributed by atoms with Gasteiger partial charge in [0.1, 0.15) is 12.4 Å². The second kappa shape index (κ2) is 12.9. The van der Waals surface area contributed by atoms with Crippen LogP contribution in [0.3, 0.4) is 0 Å². The Morgan fingerprint density at radius 2 is 1.97 bits per heavy atom. The fraction of sp³-hybridized carbons (Fsp3) is 0.556. The number of allylic oxidation sites excluding steroid dienone is 1. The van der Waals surface area contributed by atoms with E-state index < -0.39 is 8.07 Å². The Kier molecular flexibility index (Phi) is 10.6. The molecule has 0 bridgehead atoms. The van der Waals surface area contributed by atoms with Gasteiger partial charge in [-0.1, -0.05) is 68.3 Å². The smallest absolute Gasteiger partial charge is 0.118 e. The first-order chi connectivity index (χ1) is 14.7. The Bertz CT molecular complexity index is 764. The van der Waals surface area contributed by atoms with Crippen molar-refractivity contribution >= 4 is 8.07 Å². The normalized spacial score (nSPS) is 19.4. The van der Waals surface area contributed by atoms with Crippen molar-refractivity contribution in [3.8, 4) is 17.6 Å². The summed E-state index contributed by atoms with van der Waals surface area (Å²) in [5.41, 5.74) is 2.53. The van der Waals surface area contributed by atoms with Crippen LogP contribution in [0.1, 0.15) is 38.2 Å². The van der Waals surface area contributed by atoms with Crippen molar-refractivity contribution in [2.75, 3.05) is 13.7 Å². The maximum Gasteiger partial charge on any atom is 0.118 e. The van der Waals surface area contributed by atoms with E-state index in [0.717, 1.165) is 37.0 Å². The van der Waals surface area contributed by atoms with E-state index >= 15 is 0 Å². The van der Waals surface area contributed by atoms with Crippen molar-refractivity contribution in [2.45, 2.75) is 77.1 Å². The quantitative estimate of drug-likeness (QED) is 0.167. The Morgan fingerprint density at radius 3 is 2.65 bits per heavy atom. The van der Waals surface area contributed by atoms with Crippen LogP contribution in [0.25, 0.3) is 0 Å². The second-order valence-corrected chi connectivity index (χ2v) is 15.4. The lowest BCUT2D eigenvalue weighted by Gasteiger charge is -2.28. The first-order valence-corrected chi connectivity index (χ1v) is 15.1. The lowest BCUT2D eigenvalue weighted by atomic mass is 9.94. The van der Waals surface area contributed by atoms with Gasteiger partial charge in [-0.25, -0.2) is 0 Å². The summed E-state index contributed by atoms with van der Waals surface area (Å²) >= 11 is 0. The molecule has 170 valence electrons. The van der Waals surface area contributed by atoms with Crippen LogP contribution in [0.15, 0.2) is 48.6 Å². The molecule has 3 atom stereocenters. The highest BCUT2D eigenvalue weighted by Gasteiger charge is 2.21. The van der Waals surface area contributed by atoms with E-state index in [2.05, 4.69) is 57.1 Å². The van der Waals surface area contributed by atoms with Crippen LogP contribution in [0.2, 0.25) is 25.7 Å². The Hall–Kier alpha value is -1.80. The molecule has 31 heavy (non-hydrogen) atoms. The van der Waals surface area contributed by atoms with Crippen molar-refractivity contribution in [2.24, 2.45) is 5.92 Å². The maximum absolute atomic E-state index is 6.27. The molecule has 0 amide bonds. The predicted octanol–water partition coefficient (Wildman–Crippen LogP) is 6.63. The Labute approximate surface area is 190 Å². The monoisotopic (exact) mass is 440 g/mol. The minimum atomic E-state index is -1.07. The van der Waals surface area contributed by atoms with Gasteiger partial charge >= 0.3 is 0 Å². The molecule has 1 aromatic carbocycles. The number of methoxy groups -OCH3 is 1. The summed E-state index contributed by atoms with van der Waals surface area (Å²) in [4.78, 5) is 0. The zero-order chi connectivity index (χ0) is 22.7. The molecule has 3 nitrogen and oxygen atoms in total. The minimum absolute atomic E-state index is 0.0882. The maximum atomic E-state index is 6.27. The molecule has 2 rings (SSSR count). The molecule has 0 radical (unpaired) electrons. The second-order valence-electron chi connectivity index (χ2n) is 9.89. The molecule has 4 heteroatoms. The van der Waals surface area contributed by atoms with Gasteiger partial charge in [-0.2, -0.15) is 0 Å². The van der Waals surface area contributed by atoms with Gasteiger partial charge < -0.3 is 14.2 Å². The van der Waals surface area contributed by atoms with E-state index in [1.54, 1.807) is 7.11 Å². The number of hydrogen-bond acceptors (Lipinski definition) is 3. The van der Waals surface area contributed by atoms with E-state index in [-0.39, 0.29) is 12.2 Å². The van der Waals surface area contributed by atoms with Crippen LogP contribution in [-0.2, 0) is 16.1 Å². The highest BCUT2D eigenvalue weighted by Crippen LogP contribution is 2.27. The van der Waals surface area contributed by atoms with Gasteiger partial charge in [0.25, 0.3) is 0 Å². The van der Waals surface area contributed by atoms with E-state index in [1.807, 2.05) is 24.3 Å². The van der Waals surface area contributed by atoms with Crippen LogP contribution in [0.4, 0.5) is 0 Å². The molecule has 0 unspecified atom stereocenters. The predicted molar refractivity (Wildman–Crippen MR) is 133 cm³/mol. The van der Waals surface area contributed by atoms with E-state index in [4.69, 9.17) is 14.2 Å².